The maximum Gasteiger partial charge on any atom is 0.252 e. The first kappa shape index (κ1) is 17.9. The topological polar surface area (TPSA) is 48.6 Å². The third-order valence-corrected chi connectivity index (χ3v) is 6.31. The lowest BCUT2D eigenvalue weighted by molar-refractivity contribution is -0.128. The number of rotatable bonds is 4. The molecule has 146 valence electrons. The number of benzene rings is 2. The zero-order chi connectivity index (χ0) is 20.1. The molecule has 0 saturated carbocycles. The van der Waals surface area contributed by atoms with Crippen LogP contribution in [-0.2, 0) is 11.2 Å². The maximum absolute atomic E-state index is 13.2. The largest absolute Gasteiger partial charge is 0.497 e. The molecular weight excluding hydrogens is 382 g/mol. The van der Waals surface area contributed by atoms with E-state index in [1.54, 1.807) is 18.1 Å². The van der Waals surface area contributed by atoms with Gasteiger partial charge in [-0.3, -0.25) is 9.69 Å². The Kier molecular flexibility index (Phi) is 4.17. The van der Waals surface area contributed by atoms with Gasteiger partial charge in [-0.1, -0.05) is 36.4 Å². The first-order valence-electron chi connectivity index (χ1n) is 9.62. The summed E-state index contributed by atoms with van der Waals surface area (Å²) >= 11 is 5.76. The molecule has 1 amide bonds. The Hall–Kier alpha value is -3.12. The number of hydrogen-bond acceptors (Lipinski definition) is 3. The first-order valence-corrected chi connectivity index (χ1v) is 10.0. The summed E-state index contributed by atoms with van der Waals surface area (Å²) in [5.74, 6) is 0.843. The van der Waals surface area contributed by atoms with Gasteiger partial charge in [-0.25, -0.2) is 0 Å². The van der Waals surface area contributed by atoms with Gasteiger partial charge in [0.25, 0.3) is 5.91 Å². The quantitative estimate of drug-likeness (QED) is 0.532. The van der Waals surface area contributed by atoms with E-state index < -0.39 is 0 Å². The Bertz CT molecular complexity index is 1130. The molecule has 1 saturated heterocycles. The van der Waals surface area contributed by atoms with Gasteiger partial charge in [0.15, 0.2) is 5.11 Å². The van der Waals surface area contributed by atoms with Crippen molar-refractivity contribution in [3.05, 3.63) is 78.0 Å². The summed E-state index contributed by atoms with van der Waals surface area (Å²) in [6, 6.07) is 15.8. The van der Waals surface area contributed by atoms with E-state index in [0.29, 0.717) is 18.1 Å². The van der Waals surface area contributed by atoms with Crippen molar-refractivity contribution >= 4 is 34.1 Å². The minimum atomic E-state index is -0.304. The van der Waals surface area contributed by atoms with Crippen LogP contribution in [0.3, 0.4) is 0 Å². The summed E-state index contributed by atoms with van der Waals surface area (Å²) in [7, 11) is 1.66. The van der Waals surface area contributed by atoms with Gasteiger partial charge in [-0.05, 0) is 41.5 Å². The van der Waals surface area contributed by atoms with Crippen LogP contribution in [0.15, 0.2) is 61.2 Å². The molecular formula is C23H21N3O2S. The van der Waals surface area contributed by atoms with E-state index in [9.17, 15) is 4.79 Å². The number of nitrogens with one attached hydrogen (secondary N) is 1. The summed E-state index contributed by atoms with van der Waals surface area (Å²) in [5.41, 5.74) is 4.44. The van der Waals surface area contributed by atoms with Crippen LogP contribution in [0.25, 0.3) is 10.9 Å². The molecule has 2 aliphatic rings. The van der Waals surface area contributed by atoms with Gasteiger partial charge in [0.1, 0.15) is 11.8 Å². The van der Waals surface area contributed by atoms with Crippen molar-refractivity contribution in [1.82, 2.24) is 14.8 Å². The lowest BCUT2D eigenvalue weighted by Crippen LogP contribution is -2.44. The van der Waals surface area contributed by atoms with Crippen LogP contribution in [0.4, 0.5) is 0 Å². The number of amides is 1. The number of fused-ring (bicyclic) bond motifs is 4. The molecule has 2 atom stereocenters. The predicted octanol–water partition coefficient (Wildman–Crippen LogP) is 3.81. The van der Waals surface area contributed by atoms with Crippen molar-refractivity contribution < 1.29 is 9.53 Å². The van der Waals surface area contributed by atoms with Crippen molar-refractivity contribution in [1.29, 1.82) is 0 Å². The highest BCUT2D eigenvalue weighted by atomic mass is 32.1. The van der Waals surface area contributed by atoms with E-state index in [1.807, 2.05) is 36.4 Å². The maximum atomic E-state index is 13.2. The van der Waals surface area contributed by atoms with Gasteiger partial charge in [0.2, 0.25) is 0 Å². The fraction of sp³-hybridized carbons (Fsp3) is 0.217. The smallest absolute Gasteiger partial charge is 0.252 e. The van der Waals surface area contributed by atoms with E-state index in [-0.39, 0.29) is 18.0 Å². The van der Waals surface area contributed by atoms with Crippen LogP contribution in [-0.4, -0.2) is 45.5 Å². The minimum absolute atomic E-state index is 0.0457. The Balaban J connectivity index is 1.71. The highest BCUT2D eigenvalue weighted by Gasteiger charge is 2.50. The molecule has 3 heterocycles. The molecule has 5 nitrogen and oxygen atoms in total. The van der Waals surface area contributed by atoms with Crippen molar-refractivity contribution in [2.24, 2.45) is 0 Å². The third-order valence-electron chi connectivity index (χ3n) is 5.88. The molecule has 1 fully saturated rings. The van der Waals surface area contributed by atoms with Crippen LogP contribution < -0.4 is 4.74 Å². The van der Waals surface area contributed by atoms with Gasteiger partial charge >= 0.3 is 0 Å². The lowest BCUT2D eigenvalue weighted by Gasteiger charge is -2.37. The average molecular weight is 404 g/mol. The van der Waals surface area contributed by atoms with Gasteiger partial charge in [0, 0.05) is 29.6 Å². The fourth-order valence-electron chi connectivity index (χ4n) is 4.56. The van der Waals surface area contributed by atoms with Crippen molar-refractivity contribution in [3.63, 3.8) is 0 Å². The van der Waals surface area contributed by atoms with Gasteiger partial charge in [-0.15, -0.1) is 6.58 Å². The van der Waals surface area contributed by atoms with Crippen LogP contribution in [0, 0.1) is 0 Å². The van der Waals surface area contributed by atoms with E-state index >= 15 is 0 Å². The summed E-state index contributed by atoms with van der Waals surface area (Å²) < 4.78 is 5.33. The molecule has 2 aliphatic heterocycles. The number of H-pyrrole nitrogens is 1. The Morgan fingerprint density at radius 2 is 2.00 bits per heavy atom. The number of thiocarbonyl (C=S) groups is 1. The average Bonchev–Trinajstić information content (AvgIpc) is 3.23. The summed E-state index contributed by atoms with van der Waals surface area (Å²) in [6.45, 7) is 4.21. The van der Waals surface area contributed by atoms with Gasteiger partial charge < -0.3 is 14.6 Å². The molecule has 0 radical (unpaired) electrons. The molecule has 5 rings (SSSR count). The number of nitrogens with zero attached hydrogens (tertiary/aromatic N) is 2. The zero-order valence-electron chi connectivity index (χ0n) is 16.1. The second kappa shape index (κ2) is 6.74. The molecule has 6 heteroatoms. The first-order chi connectivity index (χ1) is 14.1. The SMILES string of the molecule is C=CCN1C(=O)[C@@H]2Cc3c([nH]c4ccccc34)C(c3ccc(OC)cc3)N2C1=S. The van der Waals surface area contributed by atoms with E-state index in [4.69, 9.17) is 17.0 Å². The van der Waals surface area contributed by atoms with Gasteiger partial charge in [-0.2, -0.15) is 0 Å². The molecule has 1 N–H and O–H groups in total. The monoisotopic (exact) mass is 403 g/mol. The number of carbonyl (C=O) groups is 1. The molecule has 3 aromatic rings. The van der Waals surface area contributed by atoms with Crippen LogP contribution in [0.5, 0.6) is 5.75 Å². The molecule has 0 aliphatic carbocycles. The molecule has 29 heavy (non-hydrogen) atoms. The normalized spacial score (nSPS) is 20.7. The number of para-hydroxylation sites is 1. The predicted molar refractivity (Wildman–Crippen MR) is 117 cm³/mol. The number of carbonyl (C=O) groups excluding carboxylic acids is 1. The Labute approximate surface area is 174 Å². The van der Waals surface area contributed by atoms with Crippen LogP contribution in [0.1, 0.15) is 22.9 Å². The highest BCUT2D eigenvalue weighted by molar-refractivity contribution is 7.80. The summed E-state index contributed by atoms with van der Waals surface area (Å²) in [5, 5.41) is 1.73. The minimum Gasteiger partial charge on any atom is -0.497 e. The second-order valence-corrected chi connectivity index (χ2v) is 7.75. The Morgan fingerprint density at radius 3 is 2.72 bits per heavy atom. The Morgan fingerprint density at radius 1 is 1.24 bits per heavy atom. The number of hydrogen-bond donors (Lipinski definition) is 1. The highest BCUT2D eigenvalue weighted by Crippen LogP contribution is 2.44. The van der Waals surface area contributed by atoms with E-state index in [2.05, 4.69) is 28.6 Å². The van der Waals surface area contributed by atoms with Gasteiger partial charge in [0.05, 0.1) is 13.2 Å². The van der Waals surface area contributed by atoms with E-state index in [0.717, 1.165) is 22.5 Å². The number of methoxy groups -OCH3 is 1. The van der Waals surface area contributed by atoms with E-state index in [1.165, 1.54) is 10.9 Å². The second-order valence-electron chi connectivity index (χ2n) is 7.39. The fourth-order valence-corrected chi connectivity index (χ4v) is 4.96. The summed E-state index contributed by atoms with van der Waals surface area (Å²) in [6.07, 6.45) is 2.36. The standard InChI is InChI=1S/C23H21N3O2S/c1-3-12-25-22(27)19-13-17-16-6-4-5-7-18(16)24-20(17)21(26(19)23(25)29)14-8-10-15(28-2)11-9-14/h3-11,19,21,24H,1,12-13H2,2H3/t19-,21?/m0/s1. The number of aromatic nitrogens is 1. The van der Waals surface area contributed by atoms with Crippen LogP contribution in [0.2, 0.25) is 0 Å². The zero-order valence-corrected chi connectivity index (χ0v) is 16.9. The number of aromatic amines is 1. The third kappa shape index (κ3) is 2.59. The molecule has 2 aromatic carbocycles. The number of ether oxygens (including phenoxy) is 1. The lowest BCUT2D eigenvalue weighted by atomic mass is 9.89. The van der Waals surface area contributed by atoms with Crippen molar-refractivity contribution in [2.75, 3.05) is 13.7 Å². The van der Waals surface area contributed by atoms with Crippen molar-refractivity contribution in [3.8, 4) is 5.75 Å². The molecule has 0 spiro atoms. The van der Waals surface area contributed by atoms with Crippen LogP contribution >= 0.6 is 12.2 Å². The summed E-state index contributed by atoms with van der Waals surface area (Å²) in [4.78, 5) is 20.6. The molecule has 1 unspecified atom stereocenters. The van der Waals surface area contributed by atoms with Crippen molar-refractivity contribution in [2.45, 2.75) is 18.5 Å². The molecule has 0 bridgehead atoms. The molecule has 1 aromatic heterocycles.